The molecule has 0 atom stereocenters. The zero-order valence-corrected chi connectivity index (χ0v) is 10.6. The zero-order chi connectivity index (χ0) is 16.4. The van der Waals surface area contributed by atoms with Gasteiger partial charge in [0.1, 0.15) is 0 Å². The van der Waals surface area contributed by atoms with Gasteiger partial charge in [-0.3, -0.25) is 10.1 Å². The Morgan fingerprint density at radius 1 is 0.818 bits per heavy atom. The molecular formula is C14H6F5NO2. The van der Waals surface area contributed by atoms with Crippen LogP contribution >= 0.6 is 0 Å². The smallest absolute Gasteiger partial charge is 0.258 e. The average molecular weight is 315 g/mol. The predicted molar refractivity (Wildman–Crippen MR) is 68.3 cm³/mol. The SMILES string of the molecule is O=[N+]([O-])c1ccccc1/C=C/c1c(F)c(F)c(F)c(F)c1F. The molecule has 0 amide bonds. The van der Waals surface area contributed by atoms with Gasteiger partial charge in [-0.1, -0.05) is 12.1 Å². The molecule has 2 aromatic rings. The number of halogens is 5. The molecule has 0 radical (unpaired) electrons. The number of nitro groups is 1. The molecule has 0 heterocycles. The molecule has 0 aliphatic rings. The van der Waals surface area contributed by atoms with Crippen LogP contribution in [0.5, 0.6) is 0 Å². The number of hydrogen-bond acceptors (Lipinski definition) is 2. The van der Waals surface area contributed by atoms with E-state index in [1.54, 1.807) is 0 Å². The van der Waals surface area contributed by atoms with Crippen LogP contribution in [0.1, 0.15) is 11.1 Å². The Hall–Kier alpha value is -2.77. The van der Waals surface area contributed by atoms with Gasteiger partial charge in [-0.2, -0.15) is 0 Å². The summed E-state index contributed by atoms with van der Waals surface area (Å²) < 4.78 is 65.9. The molecule has 0 saturated heterocycles. The second-order valence-electron chi connectivity index (χ2n) is 4.13. The molecule has 0 spiro atoms. The Bertz CT molecular complexity index is 760. The molecule has 0 aromatic heterocycles. The van der Waals surface area contributed by atoms with Crippen LogP contribution in [0.3, 0.4) is 0 Å². The van der Waals surface area contributed by atoms with Crippen LogP contribution in [0.25, 0.3) is 12.2 Å². The molecule has 0 N–H and O–H groups in total. The summed E-state index contributed by atoms with van der Waals surface area (Å²) in [6.07, 6.45) is 1.50. The Morgan fingerprint density at radius 3 is 1.86 bits per heavy atom. The molecule has 8 heteroatoms. The second-order valence-corrected chi connectivity index (χ2v) is 4.13. The molecule has 114 valence electrons. The Kier molecular flexibility index (Phi) is 4.20. The van der Waals surface area contributed by atoms with Crippen LogP contribution in [0.15, 0.2) is 24.3 Å². The maximum Gasteiger partial charge on any atom is 0.276 e. The third kappa shape index (κ3) is 2.67. The Balaban J connectivity index is 2.55. The molecule has 0 saturated carbocycles. The molecule has 0 aliphatic carbocycles. The van der Waals surface area contributed by atoms with Crippen molar-refractivity contribution < 1.29 is 26.9 Å². The van der Waals surface area contributed by atoms with Gasteiger partial charge in [0, 0.05) is 6.07 Å². The predicted octanol–water partition coefficient (Wildman–Crippen LogP) is 4.46. The lowest BCUT2D eigenvalue weighted by Gasteiger charge is -2.04. The minimum Gasteiger partial charge on any atom is -0.258 e. The van der Waals surface area contributed by atoms with Gasteiger partial charge >= 0.3 is 0 Å². The average Bonchev–Trinajstić information content (AvgIpc) is 2.51. The van der Waals surface area contributed by atoms with Crippen molar-refractivity contribution in [3.63, 3.8) is 0 Å². The summed E-state index contributed by atoms with van der Waals surface area (Å²) in [6, 6.07) is 5.19. The van der Waals surface area contributed by atoms with E-state index in [9.17, 15) is 32.1 Å². The van der Waals surface area contributed by atoms with Gasteiger partial charge in [-0.05, 0) is 18.2 Å². The van der Waals surface area contributed by atoms with E-state index in [2.05, 4.69) is 0 Å². The van der Waals surface area contributed by atoms with Crippen molar-refractivity contribution in [3.8, 4) is 0 Å². The lowest BCUT2D eigenvalue weighted by molar-refractivity contribution is -0.385. The van der Waals surface area contributed by atoms with Crippen molar-refractivity contribution in [2.24, 2.45) is 0 Å². The van der Waals surface area contributed by atoms with Gasteiger partial charge in [0.15, 0.2) is 23.3 Å². The summed E-state index contributed by atoms with van der Waals surface area (Å²) >= 11 is 0. The summed E-state index contributed by atoms with van der Waals surface area (Å²) in [5, 5.41) is 10.8. The van der Waals surface area contributed by atoms with Gasteiger partial charge in [0.05, 0.1) is 16.1 Å². The molecule has 0 aliphatic heterocycles. The van der Waals surface area contributed by atoms with Crippen molar-refractivity contribution in [1.82, 2.24) is 0 Å². The first-order valence-electron chi connectivity index (χ1n) is 5.77. The largest absolute Gasteiger partial charge is 0.276 e. The maximum atomic E-state index is 13.5. The summed E-state index contributed by atoms with van der Waals surface area (Å²) in [5.74, 6) is -10.4. The normalized spacial score (nSPS) is 11.1. The fraction of sp³-hybridized carbons (Fsp3) is 0. The number of hydrogen-bond donors (Lipinski definition) is 0. The van der Waals surface area contributed by atoms with E-state index in [0.717, 1.165) is 12.1 Å². The van der Waals surface area contributed by atoms with Gasteiger partial charge < -0.3 is 0 Å². The fourth-order valence-corrected chi connectivity index (χ4v) is 1.74. The van der Waals surface area contributed by atoms with Crippen molar-refractivity contribution in [1.29, 1.82) is 0 Å². The van der Waals surface area contributed by atoms with Crippen molar-refractivity contribution in [2.75, 3.05) is 0 Å². The summed E-state index contributed by atoms with van der Waals surface area (Å²) in [7, 11) is 0. The van der Waals surface area contributed by atoms with Crippen molar-refractivity contribution >= 4 is 17.8 Å². The minimum absolute atomic E-state index is 0.0450. The monoisotopic (exact) mass is 315 g/mol. The highest BCUT2D eigenvalue weighted by molar-refractivity contribution is 5.74. The molecule has 3 nitrogen and oxygen atoms in total. The van der Waals surface area contributed by atoms with Gasteiger partial charge in [0.2, 0.25) is 5.82 Å². The lowest BCUT2D eigenvalue weighted by atomic mass is 10.1. The van der Waals surface area contributed by atoms with Gasteiger partial charge in [-0.25, -0.2) is 22.0 Å². The first-order chi connectivity index (χ1) is 10.3. The number of nitro benzene ring substituents is 1. The van der Waals surface area contributed by atoms with Crippen LogP contribution in [0, 0.1) is 39.2 Å². The maximum absolute atomic E-state index is 13.5. The minimum atomic E-state index is -2.27. The van der Waals surface area contributed by atoms with E-state index in [1.807, 2.05) is 0 Å². The first kappa shape index (κ1) is 15.6. The van der Waals surface area contributed by atoms with Gasteiger partial charge in [0.25, 0.3) is 5.69 Å². The molecule has 0 bridgehead atoms. The fourth-order valence-electron chi connectivity index (χ4n) is 1.74. The van der Waals surface area contributed by atoms with E-state index in [0.29, 0.717) is 6.08 Å². The van der Waals surface area contributed by atoms with E-state index in [-0.39, 0.29) is 11.3 Å². The second kappa shape index (κ2) is 5.92. The van der Waals surface area contributed by atoms with E-state index >= 15 is 0 Å². The standard InChI is InChI=1S/C14H6F5NO2/c15-10-8(11(16)13(18)14(19)12(10)17)6-5-7-3-1-2-4-9(7)20(21)22/h1-6H/b6-5+. The molecule has 22 heavy (non-hydrogen) atoms. The summed E-state index contributed by atoms with van der Waals surface area (Å²) in [4.78, 5) is 10.0. The van der Waals surface area contributed by atoms with E-state index < -0.39 is 39.6 Å². The molecular weight excluding hydrogens is 309 g/mol. The van der Waals surface area contributed by atoms with Crippen LogP contribution in [0.2, 0.25) is 0 Å². The Labute approximate surface area is 120 Å². The van der Waals surface area contributed by atoms with Crippen LogP contribution < -0.4 is 0 Å². The summed E-state index contributed by atoms with van der Waals surface area (Å²) in [6.45, 7) is 0. The third-order valence-electron chi connectivity index (χ3n) is 2.81. The molecule has 0 unspecified atom stereocenters. The number of para-hydroxylation sites is 1. The lowest BCUT2D eigenvalue weighted by Crippen LogP contribution is -2.03. The highest BCUT2D eigenvalue weighted by Gasteiger charge is 2.24. The zero-order valence-electron chi connectivity index (χ0n) is 10.6. The quantitative estimate of drug-likeness (QED) is 0.210. The topological polar surface area (TPSA) is 43.1 Å². The van der Waals surface area contributed by atoms with Crippen LogP contribution in [-0.2, 0) is 0 Å². The highest BCUT2D eigenvalue weighted by atomic mass is 19.2. The molecule has 2 aromatic carbocycles. The third-order valence-corrected chi connectivity index (χ3v) is 2.81. The number of benzene rings is 2. The van der Waals surface area contributed by atoms with Crippen LogP contribution in [0.4, 0.5) is 27.6 Å². The molecule has 0 fully saturated rings. The molecule has 2 rings (SSSR count). The Morgan fingerprint density at radius 2 is 1.32 bits per heavy atom. The van der Waals surface area contributed by atoms with E-state index in [4.69, 9.17) is 0 Å². The number of nitrogens with zero attached hydrogens (tertiary/aromatic N) is 1. The van der Waals surface area contributed by atoms with E-state index in [1.165, 1.54) is 18.2 Å². The van der Waals surface area contributed by atoms with Crippen molar-refractivity contribution in [2.45, 2.75) is 0 Å². The first-order valence-corrected chi connectivity index (χ1v) is 5.77. The van der Waals surface area contributed by atoms with Crippen LogP contribution in [-0.4, -0.2) is 4.92 Å². The van der Waals surface area contributed by atoms with Gasteiger partial charge in [-0.15, -0.1) is 0 Å². The summed E-state index contributed by atoms with van der Waals surface area (Å²) in [5.41, 5.74) is -1.59. The highest BCUT2D eigenvalue weighted by Crippen LogP contribution is 2.26. The number of rotatable bonds is 3. The van der Waals surface area contributed by atoms with Crippen molar-refractivity contribution in [3.05, 3.63) is 74.6 Å².